The largest absolute Gasteiger partial charge is 0.343 e. The molecule has 0 bridgehead atoms. The Balaban J connectivity index is 2.49. The number of rotatable bonds is 6. The molecule has 1 aromatic rings. The molecule has 1 rings (SSSR count). The molecular weight excluding hydrogens is 260 g/mol. The van der Waals surface area contributed by atoms with E-state index in [0.29, 0.717) is 18.1 Å². The average molecular weight is 276 g/mol. The number of amides is 1. The molecular formula is C9H16N4O4S. The Morgan fingerprint density at radius 1 is 1.50 bits per heavy atom. The van der Waals surface area contributed by atoms with Crippen molar-refractivity contribution >= 4 is 15.9 Å². The van der Waals surface area contributed by atoms with Gasteiger partial charge in [0.25, 0.3) is 0 Å². The van der Waals surface area contributed by atoms with Crippen molar-refractivity contribution in [3.05, 3.63) is 11.7 Å². The molecule has 18 heavy (non-hydrogen) atoms. The van der Waals surface area contributed by atoms with Gasteiger partial charge in [0.15, 0.2) is 5.82 Å². The number of nitrogens with zero attached hydrogens (tertiary/aromatic N) is 2. The molecule has 9 heteroatoms. The first kappa shape index (κ1) is 14.6. The number of sulfonamides is 1. The minimum atomic E-state index is -3.38. The van der Waals surface area contributed by atoms with Crippen LogP contribution in [-0.4, -0.2) is 37.3 Å². The molecule has 0 fully saturated rings. The predicted molar refractivity (Wildman–Crippen MR) is 63.1 cm³/mol. The maximum Gasteiger partial charge on any atom is 0.248 e. The normalized spacial score (nSPS) is 13.3. The summed E-state index contributed by atoms with van der Waals surface area (Å²) in [6.07, 6.45) is 1.62. The Hall–Kier alpha value is -1.48. The molecule has 1 heterocycles. The third-order valence-electron chi connectivity index (χ3n) is 2.04. The van der Waals surface area contributed by atoms with Gasteiger partial charge < -0.3 is 9.84 Å². The van der Waals surface area contributed by atoms with Gasteiger partial charge in [-0.3, -0.25) is 4.79 Å². The molecule has 0 aliphatic carbocycles. The summed E-state index contributed by atoms with van der Waals surface area (Å²) in [4.78, 5) is 15.5. The van der Waals surface area contributed by atoms with Gasteiger partial charge in [0, 0.05) is 6.42 Å². The van der Waals surface area contributed by atoms with Gasteiger partial charge in [-0.2, -0.15) is 4.98 Å². The molecule has 0 aromatic carbocycles. The lowest BCUT2D eigenvalue weighted by atomic mass is 10.3. The molecule has 0 saturated heterocycles. The third kappa shape index (κ3) is 4.80. The van der Waals surface area contributed by atoms with Gasteiger partial charge in [-0.15, -0.1) is 0 Å². The van der Waals surface area contributed by atoms with Crippen molar-refractivity contribution in [3.8, 4) is 0 Å². The first-order valence-electron chi connectivity index (χ1n) is 5.38. The van der Waals surface area contributed by atoms with E-state index < -0.39 is 22.0 Å². The molecule has 102 valence electrons. The fraction of sp³-hybridized carbons (Fsp3) is 0.667. The van der Waals surface area contributed by atoms with Gasteiger partial charge in [0.2, 0.25) is 21.8 Å². The number of hydrogen-bond donors (Lipinski definition) is 2. The summed E-state index contributed by atoms with van der Waals surface area (Å²) in [6, 6.07) is -0.466. The fourth-order valence-corrected chi connectivity index (χ4v) is 1.53. The van der Waals surface area contributed by atoms with E-state index >= 15 is 0 Å². The molecule has 1 aromatic heterocycles. The van der Waals surface area contributed by atoms with E-state index in [1.165, 1.54) is 0 Å². The maximum absolute atomic E-state index is 11.4. The average Bonchev–Trinajstić information content (AvgIpc) is 2.74. The van der Waals surface area contributed by atoms with E-state index in [0.717, 1.165) is 6.26 Å². The second kappa shape index (κ2) is 5.91. The zero-order valence-corrected chi connectivity index (χ0v) is 11.2. The van der Waals surface area contributed by atoms with Crippen LogP contribution in [-0.2, 0) is 21.2 Å². The summed E-state index contributed by atoms with van der Waals surface area (Å²) >= 11 is 0. The van der Waals surface area contributed by atoms with Crippen LogP contribution in [0, 0.1) is 0 Å². The SMILES string of the molecule is CCc1noc([C@@H](C)NC(=O)CNS(C)(=O)=O)n1. The van der Waals surface area contributed by atoms with Gasteiger partial charge >= 0.3 is 0 Å². The zero-order valence-electron chi connectivity index (χ0n) is 10.4. The van der Waals surface area contributed by atoms with Crippen LogP contribution in [0.25, 0.3) is 0 Å². The lowest BCUT2D eigenvalue weighted by Gasteiger charge is -2.09. The predicted octanol–water partition coefficient (Wildman–Crippen LogP) is -0.642. The summed E-state index contributed by atoms with van der Waals surface area (Å²) in [6.45, 7) is 3.23. The van der Waals surface area contributed by atoms with Crippen LogP contribution in [0.3, 0.4) is 0 Å². The van der Waals surface area contributed by atoms with Gasteiger partial charge in [0.1, 0.15) is 6.04 Å². The van der Waals surface area contributed by atoms with Gasteiger partial charge in [-0.25, -0.2) is 13.1 Å². The Kier molecular flexibility index (Phi) is 4.79. The van der Waals surface area contributed by atoms with Crippen molar-refractivity contribution in [3.63, 3.8) is 0 Å². The van der Waals surface area contributed by atoms with E-state index in [-0.39, 0.29) is 6.54 Å². The molecule has 0 spiro atoms. The highest BCUT2D eigenvalue weighted by Crippen LogP contribution is 2.09. The number of hydrogen-bond acceptors (Lipinski definition) is 6. The Labute approximate surface area is 105 Å². The molecule has 8 nitrogen and oxygen atoms in total. The molecule has 0 radical (unpaired) electrons. The van der Waals surface area contributed by atoms with E-state index in [4.69, 9.17) is 4.52 Å². The Morgan fingerprint density at radius 3 is 2.67 bits per heavy atom. The van der Waals surface area contributed by atoms with Crippen molar-refractivity contribution in [1.82, 2.24) is 20.2 Å². The lowest BCUT2D eigenvalue weighted by Crippen LogP contribution is -2.37. The quantitative estimate of drug-likeness (QED) is 0.714. The van der Waals surface area contributed by atoms with Crippen LogP contribution < -0.4 is 10.0 Å². The van der Waals surface area contributed by atoms with Crippen LogP contribution in [0.15, 0.2) is 4.52 Å². The minimum Gasteiger partial charge on any atom is -0.343 e. The number of nitrogens with one attached hydrogen (secondary N) is 2. The number of aryl methyl sites for hydroxylation is 1. The highest BCUT2D eigenvalue weighted by Gasteiger charge is 2.16. The van der Waals surface area contributed by atoms with Crippen LogP contribution in [0.1, 0.15) is 31.6 Å². The van der Waals surface area contributed by atoms with E-state index in [1.54, 1.807) is 6.92 Å². The van der Waals surface area contributed by atoms with Crippen LogP contribution >= 0.6 is 0 Å². The monoisotopic (exact) mass is 276 g/mol. The minimum absolute atomic E-state index is 0.291. The fourth-order valence-electron chi connectivity index (χ4n) is 1.14. The lowest BCUT2D eigenvalue weighted by molar-refractivity contribution is -0.120. The van der Waals surface area contributed by atoms with Crippen molar-refractivity contribution in [2.45, 2.75) is 26.3 Å². The van der Waals surface area contributed by atoms with E-state index in [2.05, 4.69) is 20.2 Å². The smallest absolute Gasteiger partial charge is 0.248 e. The third-order valence-corrected chi connectivity index (χ3v) is 2.71. The van der Waals surface area contributed by atoms with Gasteiger partial charge in [-0.1, -0.05) is 12.1 Å². The van der Waals surface area contributed by atoms with Crippen molar-refractivity contribution in [1.29, 1.82) is 0 Å². The number of carbonyl (C=O) groups excluding carboxylic acids is 1. The Morgan fingerprint density at radius 2 is 2.17 bits per heavy atom. The van der Waals surface area contributed by atoms with Crippen molar-refractivity contribution in [2.75, 3.05) is 12.8 Å². The first-order chi connectivity index (χ1) is 8.31. The van der Waals surface area contributed by atoms with Gasteiger partial charge in [0.05, 0.1) is 12.8 Å². The van der Waals surface area contributed by atoms with Crippen molar-refractivity contribution in [2.24, 2.45) is 0 Å². The van der Waals surface area contributed by atoms with Crippen LogP contribution in [0.4, 0.5) is 0 Å². The summed E-state index contributed by atoms with van der Waals surface area (Å²) in [5.74, 6) is 0.379. The second-order valence-electron chi connectivity index (χ2n) is 3.78. The maximum atomic E-state index is 11.4. The first-order valence-corrected chi connectivity index (χ1v) is 7.27. The number of carbonyl (C=O) groups is 1. The molecule has 1 amide bonds. The number of aromatic nitrogens is 2. The van der Waals surface area contributed by atoms with E-state index in [1.807, 2.05) is 6.92 Å². The van der Waals surface area contributed by atoms with Gasteiger partial charge in [-0.05, 0) is 6.92 Å². The van der Waals surface area contributed by atoms with Crippen LogP contribution in [0.5, 0.6) is 0 Å². The van der Waals surface area contributed by atoms with Crippen molar-refractivity contribution < 1.29 is 17.7 Å². The summed E-state index contributed by atoms with van der Waals surface area (Å²) < 4.78 is 28.6. The van der Waals surface area contributed by atoms with Crippen LogP contribution in [0.2, 0.25) is 0 Å². The molecule has 1 atom stereocenters. The standard InChI is InChI=1S/C9H16N4O4S/c1-4-7-12-9(17-13-7)6(2)11-8(14)5-10-18(3,15)16/h6,10H,4-5H2,1-3H3,(H,11,14)/t6-/m1/s1. The topological polar surface area (TPSA) is 114 Å². The summed E-state index contributed by atoms with van der Waals surface area (Å²) in [7, 11) is -3.38. The molecule has 0 unspecified atom stereocenters. The Bertz CT molecular complexity index is 510. The molecule has 0 aliphatic rings. The summed E-state index contributed by atoms with van der Waals surface area (Å²) in [5.41, 5.74) is 0. The highest BCUT2D eigenvalue weighted by atomic mass is 32.2. The molecule has 0 saturated carbocycles. The molecule has 2 N–H and O–H groups in total. The zero-order chi connectivity index (χ0) is 13.8. The highest BCUT2D eigenvalue weighted by molar-refractivity contribution is 7.88. The second-order valence-corrected chi connectivity index (χ2v) is 5.62. The summed E-state index contributed by atoms with van der Waals surface area (Å²) in [5, 5.41) is 6.24. The van der Waals surface area contributed by atoms with E-state index in [9.17, 15) is 13.2 Å². The molecule has 0 aliphatic heterocycles.